The molecule has 0 aromatic heterocycles. The minimum absolute atomic E-state index is 0.0294. The van der Waals surface area contributed by atoms with E-state index >= 15 is 0 Å². The lowest BCUT2D eigenvalue weighted by atomic mass is 10.2. The molecule has 0 spiro atoms. The first-order chi connectivity index (χ1) is 8.19. The van der Waals surface area contributed by atoms with Crippen molar-refractivity contribution in [2.75, 3.05) is 26.7 Å². The molecular weight excluding hydrogens is 214 g/mol. The van der Waals surface area contributed by atoms with Crippen molar-refractivity contribution in [3.63, 3.8) is 0 Å². The molecule has 0 aliphatic rings. The zero-order valence-corrected chi connectivity index (χ0v) is 10.6. The second kappa shape index (κ2) is 6.91. The van der Waals surface area contributed by atoms with Crippen molar-refractivity contribution in [3.8, 4) is 0 Å². The van der Waals surface area contributed by atoms with Gasteiger partial charge >= 0.3 is 6.03 Å². The quantitative estimate of drug-likeness (QED) is 0.841. The second-order valence-electron chi connectivity index (χ2n) is 3.99. The first kappa shape index (κ1) is 13.5. The summed E-state index contributed by atoms with van der Waals surface area (Å²) in [4.78, 5) is 15.5. The Bertz CT molecular complexity index is 340. The van der Waals surface area contributed by atoms with E-state index in [2.05, 4.69) is 0 Å². The van der Waals surface area contributed by atoms with Crippen molar-refractivity contribution >= 4 is 6.03 Å². The van der Waals surface area contributed by atoms with Crippen LogP contribution in [0.15, 0.2) is 30.3 Å². The molecule has 1 aromatic rings. The minimum atomic E-state index is 0.0294. The molecule has 4 nitrogen and oxygen atoms in total. The number of carbonyl (C=O) groups excluding carboxylic acids is 1. The number of amides is 2. The van der Waals surface area contributed by atoms with Crippen molar-refractivity contribution in [2.24, 2.45) is 5.73 Å². The van der Waals surface area contributed by atoms with Gasteiger partial charge in [-0.25, -0.2) is 4.79 Å². The average molecular weight is 235 g/mol. The Balaban J connectivity index is 2.69. The Labute approximate surface area is 103 Å². The van der Waals surface area contributed by atoms with Crippen LogP contribution in [0.4, 0.5) is 4.79 Å². The smallest absolute Gasteiger partial charge is 0.320 e. The van der Waals surface area contributed by atoms with Gasteiger partial charge in [0.05, 0.1) is 0 Å². The molecule has 4 heteroatoms. The molecule has 0 saturated carbocycles. The van der Waals surface area contributed by atoms with E-state index in [1.165, 1.54) is 0 Å². The molecule has 0 heterocycles. The van der Waals surface area contributed by atoms with Crippen molar-refractivity contribution in [1.82, 2.24) is 9.80 Å². The van der Waals surface area contributed by atoms with E-state index in [1.54, 1.807) is 16.8 Å². The van der Waals surface area contributed by atoms with Crippen LogP contribution < -0.4 is 5.73 Å². The number of hydrogen-bond donors (Lipinski definition) is 1. The fourth-order valence-corrected chi connectivity index (χ4v) is 1.58. The van der Waals surface area contributed by atoms with Gasteiger partial charge in [-0.05, 0) is 12.5 Å². The van der Waals surface area contributed by atoms with Gasteiger partial charge in [-0.15, -0.1) is 0 Å². The van der Waals surface area contributed by atoms with E-state index in [0.29, 0.717) is 26.2 Å². The summed E-state index contributed by atoms with van der Waals surface area (Å²) in [6.45, 7) is 4.34. The van der Waals surface area contributed by atoms with Crippen LogP contribution in [-0.2, 0) is 6.54 Å². The highest BCUT2D eigenvalue weighted by Gasteiger charge is 2.16. The molecule has 0 atom stereocenters. The van der Waals surface area contributed by atoms with Gasteiger partial charge in [0.15, 0.2) is 0 Å². The van der Waals surface area contributed by atoms with E-state index in [1.807, 2.05) is 37.3 Å². The topological polar surface area (TPSA) is 49.6 Å². The zero-order chi connectivity index (χ0) is 12.7. The van der Waals surface area contributed by atoms with Crippen LogP contribution in [0.25, 0.3) is 0 Å². The molecule has 2 N–H and O–H groups in total. The van der Waals surface area contributed by atoms with Crippen LogP contribution in [0.2, 0.25) is 0 Å². The molecule has 1 aromatic carbocycles. The molecule has 17 heavy (non-hydrogen) atoms. The average Bonchev–Trinajstić information content (AvgIpc) is 2.37. The number of urea groups is 1. The van der Waals surface area contributed by atoms with Crippen molar-refractivity contribution in [3.05, 3.63) is 35.9 Å². The monoisotopic (exact) mass is 235 g/mol. The molecule has 1 rings (SSSR count). The molecule has 0 saturated heterocycles. The van der Waals surface area contributed by atoms with E-state index in [9.17, 15) is 4.79 Å². The summed E-state index contributed by atoms with van der Waals surface area (Å²) in [5.74, 6) is 0. The molecule has 0 aliphatic heterocycles. The van der Waals surface area contributed by atoms with Crippen molar-refractivity contribution in [1.29, 1.82) is 0 Å². The fraction of sp³-hybridized carbons (Fsp3) is 0.462. The highest BCUT2D eigenvalue weighted by molar-refractivity contribution is 5.74. The van der Waals surface area contributed by atoms with Crippen LogP contribution >= 0.6 is 0 Å². The van der Waals surface area contributed by atoms with Gasteiger partial charge in [-0.1, -0.05) is 30.3 Å². The SMILES string of the molecule is CCN(C)C(=O)N(CCN)Cc1ccccc1. The normalized spacial score (nSPS) is 10.1. The Kier molecular flexibility index (Phi) is 5.49. The van der Waals surface area contributed by atoms with E-state index in [-0.39, 0.29) is 6.03 Å². The van der Waals surface area contributed by atoms with Gasteiger partial charge in [0.2, 0.25) is 0 Å². The van der Waals surface area contributed by atoms with Gasteiger partial charge in [-0.2, -0.15) is 0 Å². The number of nitrogens with two attached hydrogens (primary N) is 1. The zero-order valence-electron chi connectivity index (χ0n) is 10.6. The number of hydrogen-bond acceptors (Lipinski definition) is 2. The summed E-state index contributed by atoms with van der Waals surface area (Å²) in [6.07, 6.45) is 0. The van der Waals surface area contributed by atoms with Crippen molar-refractivity contribution in [2.45, 2.75) is 13.5 Å². The summed E-state index contributed by atoms with van der Waals surface area (Å²) in [5, 5.41) is 0. The number of carbonyl (C=O) groups is 1. The predicted octanol–water partition coefficient (Wildman–Crippen LogP) is 1.52. The van der Waals surface area contributed by atoms with Gasteiger partial charge in [0, 0.05) is 33.2 Å². The number of rotatable bonds is 5. The maximum atomic E-state index is 12.1. The molecular formula is C13H21N3O. The minimum Gasteiger partial charge on any atom is -0.329 e. The molecule has 0 radical (unpaired) electrons. The lowest BCUT2D eigenvalue weighted by molar-refractivity contribution is 0.163. The molecule has 0 unspecified atom stereocenters. The number of benzene rings is 1. The summed E-state index contributed by atoms with van der Waals surface area (Å²) >= 11 is 0. The molecule has 2 amide bonds. The van der Waals surface area contributed by atoms with E-state index in [4.69, 9.17) is 5.73 Å². The Morgan fingerprint density at radius 1 is 1.29 bits per heavy atom. The maximum Gasteiger partial charge on any atom is 0.320 e. The largest absolute Gasteiger partial charge is 0.329 e. The van der Waals surface area contributed by atoms with Gasteiger partial charge in [0.25, 0.3) is 0 Å². The summed E-state index contributed by atoms with van der Waals surface area (Å²) in [7, 11) is 1.80. The van der Waals surface area contributed by atoms with Crippen LogP contribution in [0.3, 0.4) is 0 Å². The molecule has 0 bridgehead atoms. The standard InChI is InChI=1S/C13H21N3O/c1-3-15(2)13(17)16(10-9-14)11-12-7-5-4-6-8-12/h4-8H,3,9-11,14H2,1-2H3. The van der Waals surface area contributed by atoms with Gasteiger partial charge in [0.1, 0.15) is 0 Å². The van der Waals surface area contributed by atoms with Crippen LogP contribution in [-0.4, -0.2) is 42.5 Å². The Morgan fingerprint density at radius 3 is 2.47 bits per heavy atom. The maximum absolute atomic E-state index is 12.1. The Morgan fingerprint density at radius 2 is 1.94 bits per heavy atom. The second-order valence-corrected chi connectivity index (χ2v) is 3.99. The predicted molar refractivity (Wildman–Crippen MR) is 69.6 cm³/mol. The number of nitrogens with zero attached hydrogens (tertiary/aromatic N) is 2. The third-order valence-electron chi connectivity index (χ3n) is 2.69. The molecule has 0 fully saturated rings. The first-order valence-electron chi connectivity index (χ1n) is 5.93. The van der Waals surface area contributed by atoms with Crippen LogP contribution in [0.1, 0.15) is 12.5 Å². The lowest BCUT2D eigenvalue weighted by Crippen LogP contribution is -2.42. The van der Waals surface area contributed by atoms with Crippen LogP contribution in [0, 0.1) is 0 Å². The third kappa shape index (κ3) is 4.07. The molecule has 94 valence electrons. The highest BCUT2D eigenvalue weighted by Crippen LogP contribution is 2.06. The Hall–Kier alpha value is -1.55. The summed E-state index contributed by atoms with van der Waals surface area (Å²) < 4.78 is 0. The van der Waals surface area contributed by atoms with Gasteiger partial charge < -0.3 is 15.5 Å². The first-order valence-corrected chi connectivity index (χ1v) is 5.93. The van der Waals surface area contributed by atoms with E-state index in [0.717, 1.165) is 5.56 Å². The highest BCUT2D eigenvalue weighted by atomic mass is 16.2. The molecule has 0 aliphatic carbocycles. The summed E-state index contributed by atoms with van der Waals surface area (Å²) in [6, 6.07) is 9.98. The third-order valence-corrected chi connectivity index (χ3v) is 2.69. The fourth-order valence-electron chi connectivity index (χ4n) is 1.58. The van der Waals surface area contributed by atoms with Crippen LogP contribution in [0.5, 0.6) is 0 Å². The van der Waals surface area contributed by atoms with E-state index < -0.39 is 0 Å². The van der Waals surface area contributed by atoms with Crippen molar-refractivity contribution < 1.29 is 4.79 Å². The van der Waals surface area contributed by atoms with Gasteiger partial charge in [-0.3, -0.25) is 0 Å². The lowest BCUT2D eigenvalue weighted by Gasteiger charge is -2.27. The summed E-state index contributed by atoms with van der Waals surface area (Å²) in [5.41, 5.74) is 6.67.